The molecule has 3 N–H and O–H groups in total. The van der Waals surface area contributed by atoms with Gasteiger partial charge >= 0.3 is 0 Å². The van der Waals surface area contributed by atoms with Crippen LogP contribution in [0.5, 0.6) is 0 Å². The van der Waals surface area contributed by atoms with Crippen LogP contribution in [0.2, 0.25) is 0 Å². The molecule has 9 nitrogen and oxygen atoms in total. The van der Waals surface area contributed by atoms with Crippen molar-refractivity contribution in [2.45, 2.75) is 23.5 Å². The van der Waals surface area contributed by atoms with E-state index in [9.17, 15) is 24.5 Å². The van der Waals surface area contributed by atoms with E-state index in [0.717, 1.165) is 22.3 Å². The van der Waals surface area contributed by atoms with Crippen molar-refractivity contribution < 1.29 is 19.3 Å². The fourth-order valence-corrected chi connectivity index (χ4v) is 6.20. The van der Waals surface area contributed by atoms with Gasteiger partial charge in [-0.3, -0.25) is 29.4 Å². The first-order valence-corrected chi connectivity index (χ1v) is 14.8. The highest BCUT2D eigenvalue weighted by molar-refractivity contribution is 8.01. The largest absolute Gasteiger partial charge is 0.366 e. The van der Waals surface area contributed by atoms with Gasteiger partial charge in [0.15, 0.2) is 0 Å². The summed E-state index contributed by atoms with van der Waals surface area (Å²) in [5.74, 6) is 5.15. The summed E-state index contributed by atoms with van der Waals surface area (Å²) in [4.78, 5) is 50.5. The van der Waals surface area contributed by atoms with Gasteiger partial charge in [0.05, 0.1) is 10.2 Å². The molecule has 1 aliphatic heterocycles. The van der Waals surface area contributed by atoms with E-state index in [-0.39, 0.29) is 29.5 Å². The Morgan fingerprint density at radius 3 is 2.25 bits per heavy atom. The third-order valence-electron chi connectivity index (χ3n) is 7.02. The predicted molar refractivity (Wildman–Crippen MR) is 170 cm³/mol. The summed E-state index contributed by atoms with van der Waals surface area (Å²) in [5, 5.41) is 12.6. The number of nitrogens with one attached hydrogen (secondary N) is 1. The van der Waals surface area contributed by atoms with E-state index >= 15 is 0 Å². The molecule has 2 atom stereocenters. The molecule has 3 amide bonds. The number of amides is 3. The number of nitro benzene ring substituents is 1. The lowest BCUT2D eigenvalue weighted by Gasteiger charge is -2.24. The Labute approximate surface area is 258 Å². The molecule has 0 radical (unpaired) electrons. The number of anilines is 1. The Hall–Kier alpha value is -5.40. The van der Waals surface area contributed by atoms with Gasteiger partial charge in [0.25, 0.3) is 5.69 Å². The number of nitro groups is 1. The van der Waals surface area contributed by atoms with Crippen LogP contribution >= 0.6 is 11.8 Å². The third kappa shape index (κ3) is 7.32. The van der Waals surface area contributed by atoms with Gasteiger partial charge in [-0.1, -0.05) is 60.4 Å². The Kier molecular flexibility index (Phi) is 9.37. The minimum Gasteiger partial charge on any atom is -0.366 e. The molecule has 1 aliphatic rings. The fraction of sp³-hybridized carbons (Fsp3) is 0.147. The molecular formula is C34H28N4O5S. The minimum atomic E-state index is -0.658. The average molecular weight is 605 g/mol. The van der Waals surface area contributed by atoms with Crippen LogP contribution in [0.4, 0.5) is 11.4 Å². The maximum atomic E-state index is 13.7. The van der Waals surface area contributed by atoms with Gasteiger partial charge in [-0.25, -0.2) is 0 Å². The SMILES string of the molecule is NC(=O)c1cccc(N2C(=O)[C@@H](CC(=O)NCCc3ccc([N+](=O)[O-])cc3)S[C@H]2c2ccc(C#Cc3ccccc3)cc2)c1. The van der Waals surface area contributed by atoms with Gasteiger partial charge in [0, 0.05) is 47.5 Å². The van der Waals surface area contributed by atoms with Gasteiger partial charge in [0.1, 0.15) is 5.37 Å². The zero-order chi connectivity index (χ0) is 31.1. The molecule has 0 aliphatic carbocycles. The zero-order valence-electron chi connectivity index (χ0n) is 23.5. The van der Waals surface area contributed by atoms with E-state index in [1.165, 1.54) is 23.9 Å². The third-order valence-corrected chi connectivity index (χ3v) is 8.46. The Bertz CT molecular complexity index is 1750. The van der Waals surface area contributed by atoms with Gasteiger partial charge in [0.2, 0.25) is 17.7 Å². The van der Waals surface area contributed by atoms with Crippen molar-refractivity contribution in [3.05, 3.63) is 141 Å². The number of thioether (sulfide) groups is 1. The topological polar surface area (TPSA) is 136 Å². The van der Waals surface area contributed by atoms with Crippen molar-refractivity contribution in [2.24, 2.45) is 5.73 Å². The first-order chi connectivity index (χ1) is 21.3. The van der Waals surface area contributed by atoms with Gasteiger partial charge in [-0.05, 0) is 60.0 Å². The van der Waals surface area contributed by atoms with Crippen molar-refractivity contribution in [3.63, 3.8) is 0 Å². The lowest BCUT2D eigenvalue weighted by atomic mass is 10.1. The molecule has 44 heavy (non-hydrogen) atoms. The second-order valence-corrected chi connectivity index (χ2v) is 11.4. The molecule has 1 fully saturated rings. The van der Waals surface area contributed by atoms with E-state index in [2.05, 4.69) is 17.2 Å². The van der Waals surface area contributed by atoms with Crippen molar-refractivity contribution in [3.8, 4) is 11.8 Å². The second-order valence-electron chi connectivity index (χ2n) is 10.1. The number of nitrogens with zero attached hydrogens (tertiary/aromatic N) is 2. The van der Waals surface area contributed by atoms with E-state index in [1.807, 2.05) is 54.6 Å². The number of carbonyl (C=O) groups is 3. The van der Waals surface area contributed by atoms with Crippen molar-refractivity contribution in [1.82, 2.24) is 5.32 Å². The summed E-state index contributed by atoms with van der Waals surface area (Å²) in [6.45, 7) is 0.321. The Morgan fingerprint density at radius 2 is 1.59 bits per heavy atom. The highest BCUT2D eigenvalue weighted by atomic mass is 32.2. The van der Waals surface area contributed by atoms with Crippen LogP contribution in [0.1, 0.15) is 44.4 Å². The van der Waals surface area contributed by atoms with Crippen LogP contribution in [0.15, 0.2) is 103 Å². The fourth-order valence-electron chi connectivity index (χ4n) is 4.75. The lowest BCUT2D eigenvalue weighted by molar-refractivity contribution is -0.384. The summed E-state index contributed by atoms with van der Waals surface area (Å²) in [6, 6.07) is 30.0. The first-order valence-electron chi connectivity index (χ1n) is 13.8. The maximum Gasteiger partial charge on any atom is 0.269 e. The van der Waals surface area contributed by atoms with Crippen LogP contribution in [-0.4, -0.2) is 34.4 Å². The molecule has 4 aromatic carbocycles. The average Bonchev–Trinajstić information content (AvgIpc) is 3.36. The molecule has 10 heteroatoms. The van der Waals surface area contributed by atoms with Gasteiger partial charge in [-0.15, -0.1) is 11.8 Å². The molecule has 0 spiro atoms. The maximum absolute atomic E-state index is 13.7. The van der Waals surface area contributed by atoms with Gasteiger partial charge < -0.3 is 11.1 Å². The number of nitrogens with two attached hydrogens (primary N) is 1. The quantitative estimate of drug-likeness (QED) is 0.157. The molecule has 1 heterocycles. The van der Waals surface area contributed by atoms with Crippen molar-refractivity contribution in [2.75, 3.05) is 11.4 Å². The van der Waals surface area contributed by atoms with Crippen LogP contribution in [0, 0.1) is 22.0 Å². The summed E-state index contributed by atoms with van der Waals surface area (Å²) < 4.78 is 0. The molecule has 0 aromatic heterocycles. The number of primary amides is 1. The molecule has 1 saturated heterocycles. The summed E-state index contributed by atoms with van der Waals surface area (Å²) in [7, 11) is 0. The molecule has 5 rings (SSSR count). The highest BCUT2D eigenvalue weighted by Gasteiger charge is 2.42. The molecule has 0 bridgehead atoms. The first kappa shape index (κ1) is 30.1. The van der Waals surface area contributed by atoms with Crippen LogP contribution < -0.4 is 16.0 Å². The summed E-state index contributed by atoms with van der Waals surface area (Å²) in [6.07, 6.45) is 0.455. The zero-order valence-corrected chi connectivity index (χ0v) is 24.3. The standard InChI is InChI=1S/C34H28N4O5S/c35-32(40)27-7-4-8-29(21-27)37-33(41)30(22-31(39)36-20-19-25-13-17-28(18-14-25)38(42)43)44-34(37)26-15-11-24(12-16-26)10-9-23-5-2-1-3-6-23/h1-8,11-18,21,30,34H,19-20,22H2,(H2,35,40)(H,36,39)/t30-,34+/m1/s1. The Morgan fingerprint density at radius 1 is 0.909 bits per heavy atom. The van der Waals surface area contributed by atoms with Gasteiger partial charge in [-0.2, -0.15) is 0 Å². The van der Waals surface area contributed by atoms with E-state index in [4.69, 9.17) is 5.73 Å². The summed E-state index contributed by atoms with van der Waals surface area (Å²) in [5.41, 5.74) is 9.72. The number of non-ortho nitro benzene ring substituents is 1. The van der Waals surface area contributed by atoms with Crippen molar-refractivity contribution in [1.29, 1.82) is 0 Å². The molecule has 220 valence electrons. The normalized spacial score (nSPS) is 15.7. The van der Waals surface area contributed by atoms with E-state index in [0.29, 0.717) is 18.7 Å². The molecule has 0 saturated carbocycles. The highest BCUT2D eigenvalue weighted by Crippen LogP contribution is 2.46. The number of hydrogen-bond acceptors (Lipinski definition) is 6. The number of hydrogen-bond donors (Lipinski definition) is 2. The number of rotatable bonds is 9. The number of benzene rings is 4. The monoisotopic (exact) mass is 604 g/mol. The number of carbonyl (C=O) groups excluding carboxylic acids is 3. The van der Waals surface area contributed by atoms with Crippen LogP contribution in [0.25, 0.3) is 0 Å². The smallest absolute Gasteiger partial charge is 0.269 e. The lowest BCUT2D eigenvalue weighted by Crippen LogP contribution is -2.34. The molecule has 4 aromatic rings. The van der Waals surface area contributed by atoms with Crippen LogP contribution in [-0.2, 0) is 16.0 Å². The predicted octanol–water partition coefficient (Wildman–Crippen LogP) is 4.99. The summed E-state index contributed by atoms with van der Waals surface area (Å²) >= 11 is 1.37. The van der Waals surface area contributed by atoms with E-state index in [1.54, 1.807) is 41.3 Å². The second kappa shape index (κ2) is 13.7. The van der Waals surface area contributed by atoms with E-state index < -0.39 is 21.5 Å². The van der Waals surface area contributed by atoms with Crippen LogP contribution in [0.3, 0.4) is 0 Å². The Balaban J connectivity index is 1.30. The van der Waals surface area contributed by atoms with Crippen molar-refractivity contribution >= 4 is 40.9 Å². The minimum absolute atomic E-state index is 0.00443. The molecular weight excluding hydrogens is 576 g/mol. The molecule has 0 unspecified atom stereocenters.